The number of benzene rings is 1. The molecule has 1 aromatic heterocycles. The second kappa shape index (κ2) is 5.01. The summed E-state index contributed by atoms with van der Waals surface area (Å²) in [7, 11) is 0. The lowest BCUT2D eigenvalue weighted by Gasteiger charge is -2.06. The van der Waals surface area contributed by atoms with Gasteiger partial charge in [0.15, 0.2) is 0 Å². The van der Waals surface area contributed by atoms with E-state index in [2.05, 4.69) is 22.6 Å². The highest BCUT2D eigenvalue weighted by atomic mass is 127. The molecule has 4 heteroatoms. The van der Waals surface area contributed by atoms with Crippen LogP contribution in [0.2, 0.25) is 5.02 Å². The van der Waals surface area contributed by atoms with E-state index in [0.29, 0.717) is 11.6 Å². The van der Waals surface area contributed by atoms with Crippen molar-refractivity contribution in [1.82, 2.24) is 4.57 Å². The normalized spacial score (nSPS) is 10.4. The standard InChI is InChI=1S/C12H9ClINO/c13-10-3-1-9(2-4-10)7-15-8-11(14)5-6-12(15)16/h1-6,8H,7H2. The zero-order valence-electron chi connectivity index (χ0n) is 8.36. The Morgan fingerprint density at radius 1 is 1.12 bits per heavy atom. The van der Waals surface area contributed by atoms with E-state index in [4.69, 9.17) is 11.6 Å². The Kier molecular flexibility index (Phi) is 3.66. The Morgan fingerprint density at radius 3 is 2.50 bits per heavy atom. The Morgan fingerprint density at radius 2 is 1.81 bits per heavy atom. The van der Waals surface area contributed by atoms with Gasteiger partial charge in [-0.2, -0.15) is 0 Å². The molecule has 2 aromatic rings. The molecule has 0 aliphatic heterocycles. The molecule has 0 saturated heterocycles. The highest BCUT2D eigenvalue weighted by Crippen LogP contribution is 2.10. The fourth-order valence-electron chi connectivity index (χ4n) is 1.41. The minimum Gasteiger partial charge on any atom is -0.310 e. The van der Waals surface area contributed by atoms with Gasteiger partial charge in [0, 0.05) is 20.9 Å². The molecule has 0 amide bonds. The Balaban J connectivity index is 2.30. The molecule has 82 valence electrons. The maximum Gasteiger partial charge on any atom is 0.250 e. The molecule has 0 spiro atoms. The summed E-state index contributed by atoms with van der Waals surface area (Å²) in [6, 6.07) is 10.9. The van der Waals surface area contributed by atoms with E-state index in [1.165, 1.54) is 0 Å². The molecular formula is C12H9ClINO. The van der Waals surface area contributed by atoms with Gasteiger partial charge in [0.05, 0.1) is 6.54 Å². The maximum absolute atomic E-state index is 11.6. The second-order valence-corrected chi connectivity index (χ2v) is 5.12. The molecule has 0 bridgehead atoms. The van der Waals surface area contributed by atoms with Crippen LogP contribution in [0.25, 0.3) is 0 Å². The summed E-state index contributed by atoms with van der Waals surface area (Å²) in [4.78, 5) is 11.6. The maximum atomic E-state index is 11.6. The van der Waals surface area contributed by atoms with E-state index in [-0.39, 0.29) is 5.56 Å². The van der Waals surface area contributed by atoms with Crippen molar-refractivity contribution in [2.45, 2.75) is 6.54 Å². The zero-order chi connectivity index (χ0) is 11.5. The third kappa shape index (κ3) is 2.86. The van der Waals surface area contributed by atoms with Crippen molar-refractivity contribution in [1.29, 1.82) is 0 Å². The van der Waals surface area contributed by atoms with Crippen molar-refractivity contribution in [2.75, 3.05) is 0 Å². The molecule has 0 N–H and O–H groups in total. The smallest absolute Gasteiger partial charge is 0.250 e. The van der Waals surface area contributed by atoms with Gasteiger partial charge >= 0.3 is 0 Å². The van der Waals surface area contributed by atoms with Crippen molar-refractivity contribution in [3.63, 3.8) is 0 Å². The molecule has 1 heterocycles. The zero-order valence-corrected chi connectivity index (χ0v) is 11.3. The van der Waals surface area contributed by atoms with E-state index in [9.17, 15) is 4.79 Å². The first-order valence-corrected chi connectivity index (χ1v) is 6.21. The number of halogens is 2. The summed E-state index contributed by atoms with van der Waals surface area (Å²) in [5.74, 6) is 0. The average molecular weight is 346 g/mol. The molecule has 0 aliphatic carbocycles. The van der Waals surface area contributed by atoms with Crippen LogP contribution in [0.3, 0.4) is 0 Å². The molecule has 2 nitrogen and oxygen atoms in total. The van der Waals surface area contributed by atoms with E-state index < -0.39 is 0 Å². The summed E-state index contributed by atoms with van der Waals surface area (Å²) in [6.07, 6.45) is 1.84. The van der Waals surface area contributed by atoms with Crippen LogP contribution in [-0.4, -0.2) is 4.57 Å². The molecule has 0 aliphatic rings. The molecule has 2 rings (SSSR count). The molecule has 1 aromatic carbocycles. The minimum atomic E-state index is 0.00960. The van der Waals surface area contributed by atoms with Crippen molar-refractivity contribution in [2.24, 2.45) is 0 Å². The Bertz CT molecular complexity index is 548. The third-order valence-corrected chi connectivity index (χ3v) is 3.10. The Labute approximate surface area is 112 Å². The molecule has 0 fully saturated rings. The van der Waals surface area contributed by atoms with Crippen molar-refractivity contribution in [3.8, 4) is 0 Å². The molecule has 16 heavy (non-hydrogen) atoms. The van der Waals surface area contributed by atoms with Gasteiger partial charge in [-0.25, -0.2) is 0 Å². The van der Waals surface area contributed by atoms with Crippen LogP contribution in [0, 0.1) is 3.57 Å². The van der Waals surface area contributed by atoms with Gasteiger partial charge in [0.2, 0.25) is 0 Å². The summed E-state index contributed by atoms with van der Waals surface area (Å²) < 4.78 is 2.73. The first kappa shape index (κ1) is 11.7. The molecule has 0 radical (unpaired) electrons. The molecular weight excluding hydrogens is 336 g/mol. The monoisotopic (exact) mass is 345 g/mol. The Hall–Kier alpha value is -0.810. The van der Waals surface area contributed by atoms with Crippen molar-refractivity contribution >= 4 is 34.2 Å². The van der Waals surface area contributed by atoms with E-state index in [0.717, 1.165) is 9.13 Å². The quantitative estimate of drug-likeness (QED) is 0.767. The van der Waals surface area contributed by atoms with E-state index in [1.807, 2.05) is 30.5 Å². The van der Waals surface area contributed by atoms with Crippen LogP contribution in [0.15, 0.2) is 47.4 Å². The van der Waals surface area contributed by atoms with Crippen LogP contribution in [-0.2, 0) is 6.54 Å². The minimum absolute atomic E-state index is 0.00960. The van der Waals surface area contributed by atoms with E-state index in [1.54, 1.807) is 16.7 Å². The lowest BCUT2D eigenvalue weighted by Crippen LogP contribution is -2.19. The number of nitrogens with zero attached hydrogens (tertiary/aromatic N) is 1. The molecule has 0 unspecified atom stereocenters. The second-order valence-electron chi connectivity index (χ2n) is 3.44. The first-order valence-electron chi connectivity index (χ1n) is 4.75. The fourth-order valence-corrected chi connectivity index (χ4v) is 2.05. The highest BCUT2D eigenvalue weighted by molar-refractivity contribution is 14.1. The predicted molar refractivity (Wildman–Crippen MR) is 74.0 cm³/mol. The number of aromatic nitrogens is 1. The highest BCUT2D eigenvalue weighted by Gasteiger charge is 1.98. The molecule has 0 saturated carbocycles. The van der Waals surface area contributed by atoms with Gasteiger partial charge < -0.3 is 4.57 Å². The lowest BCUT2D eigenvalue weighted by atomic mass is 10.2. The van der Waals surface area contributed by atoms with Gasteiger partial charge in [-0.1, -0.05) is 23.7 Å². The van der Waals surface area contributed by atoms with Gasteiger partial charge in [-0.15, -0.1) is 0 Å². The number of hydrogen-bond acceptors (Lipinski definition) is 1. The topological polar surface area (TPSA) is 22.0 Å². The summed E-state index contributed by atoms with van der Waals surface area (Å²) in [5, 5.41) is 0.707. The fraction of sp³-hybridized carbons (Fsp3) is 0.0833. The van der Waals surface area contributed by atoms with Crippen molar-refractivity contribution < 1.29 is 0 Å². The molecule has 0 atom stereocenters. The lowest BCUT2D eigenvalue weighted by molar-refractivity contribution is 0.756. The van der Waals surface area contributed by atoms with Crippen LogP contribution < -0.4 is 5.56 Å². The van der Waals surface area contributed by atoms with Crippen LogP contribution in [0.5, 0.6) is 0 Å². The largest absolute Gasteiger partial charge is 0.310 e. The summed E-state index contributed by atoms with van der Waals surface area (Å²) in [6.45, 7) is 0.576. The summed E-state index contributed by atoms with van der Waals surface area (Å²) >= 11 is 7.99. The van der Waals surface area contributed by atoms with Crippen LogP contribution in [0.4, 0.5) is 0 Å². The van der Waals surface area contributed by atoms with Crippen LogP contribution in [0.1, 0.15) is 5.56 Å². The van der Waals surface area contributed by atoms with Gasteiger partial charge in [0.1, 0.15) is 0 Å². The van der Waals surface area contributed by atoms with Gasteiger partial charge in [-0.3, -0.25) is 4.79 Å². The average Bonchev–Trinajstić information content (AvgIpc) is 2.27. The third-order valence-electron chi connectivity index (χ3n) is 2.21. The van der Waals surface area contributed by atoms with Gasteiger partial charge in [0.25, 0.3) is 5.56 Å². The van der Waals surface area contributed by atoms with Crippen LogP contribution >= 0.6 is 34.2 Å². The number of pyridine rings is 1. The SMILES string of the molecule is O=c1ccc(I)cn1Cc1ccc(Cl)cc1. The van der Waals surface area contributed by atoms with Crippen molar-refractivity contribution in [3.05, 3.63) is 67.1 Å². The summed E-state index contributed by atoms with van der Waals surface area (Å²) in [5.41, 5.74) is 1.07. The number of rotatable bonds is 2. The number of hydrogen-bond donors (Lipinski definition) is 0. The van der Waals surface area contributed by atoms with Gasteiger partial charge in [-0.05, 0) is 46.4 Å². The van der Waals surface area contributed by atoms with E-state index >= 15 is 0 Å². The first-order chi connectivity index (χ1) is 7.65. The predicted octanol–water partition coefficient (Wildman–Crippen LogP) is 3.15.